The molecule has 0 saturated carbocycles. The zero-order valence-corrected chi connectivity index (χ0v) is 13.2. The van der Waals surface area contributed by atoms with Gasteiger partial charge in [0.05, 0.1) is 7.11 Å². The summed E-state index contributed by atoms with van der Waals surface area (Å²) in [6, 6.07) is 11.0. The Morgan fingerprint density at radius 3 is 2.67 bits per heavy atom. The van der Waals surface area contributed by atoms with E-state index in [1.54, 1.807) is 18.2 Å². The third-order valence-corrected chi connectivity index (χ3v) is 3.88. The minimum Gasteiger partial charge on any atom is -0.494 e. The van der Waals surface area contributed by atoms with Crippen LogP contribution in [-0.4, -0.2) is 14.2 Å². The number of halogens is 2. The van der Waals surface area contributed by atoms with Crippen LogP contribution in [0.4, 0.5) is 4.39 Å². The topological polar surface area (TPSA) is 21.3 Å². The molecule has 2 aromatic rings. The number of rotatable bonds is 5. The van der Waals surface area contributed by atoms with E-state index in [1.165, 1.54) is 7.11 Å². The van der Waals surface area contributed by atoms with Crippen LogP contribution in [0, 0.1) is 12.7 Å². The molecule has 0 fully saturated rings. The molecule has 0 heterocycles. The number of methoxy groups -OCH3 is 1. The molecule has 2 nitrogen and oxygen atoms in total. The normalized spacial score (nSPS) is 12.2. The van der Waals surface area contributed by atoms with Gasteiger partial charge in [-0.2, -0.15) is 0 Å². The van der Waals surface area contributed by atoms with Crippen molar-refractivity contribution in [3.63, 3.8) is 0 Å². The Kier molecular flexibility index (Phi) is 5.21. The molecule has 0 aliphatic heterocycles. The first-order chi connectivity index (χ1) is 10.1. The molecule has 0 spiro atoms. The van der Waals surface area contributed by atoms with Gasteiger partial charge in [0.15, 0.2) is 11.6 Å². The van der Waals surface area contributed by atoms with Crippen LogP contribution < -0.4 is 10.1 Å². The quantitative estimate of drug-likeness (QED) is 0.889. The van der Waals surface area contributed by atoms with E-state index in [2.05, 4.69) is 5.32 Å². The molecule has 2 rings (SSSR count). The highest BCUT2D eigenvalue weighted by molar-refractivity contribution is 6.30. The zero-order chi connectivity index (χ0) is 15.4. The largest absolute Gasteiger partial charge is 0.494 e. The highest BCUT2D eigenvalue weighted by atomic mass is 35.5. The smallest absolute Gasteiger partial charge is 0.168 e. The number of ether oxygens (including phenoxy) is 1. The van der Waals surface area contributed by atoms with E-state index in [4.69, 9.17) is 16.3 Å². The minimum atomic E-state index is -0.299. The van der Waals surface area contributed by atoms with Crippen molar-refractivity contribution in [2.24, 2.45) is 0 Å². The van der Waals surface area contributed by atoms with E-state index in [1.807, 2.05) is 32.2 Å². The molecule has 0 aliphatic rings. The maximum absolute atomic E-state index is 14.3. The van der Waals surface area contributed by atoms with Crippen molar-refractivity contribution < 1.29 is 9.13 Å². The first-order valence-electron chi connectivity index (χ1n) is 6.81. The fourth-order valence-corrected chi connectivity index (χ4v) is 2.72. The molecule has 0 saturated heterocycles. The number of hydrogen-bond donors (Lipinski definition) is 1. The molecule has 0 aromatic heterocycles. The van der Waals surface area contributed by atoms with Crippen LogP contribution in [-0.2, 0) is 6.42 Å². The van der Waals surface area contributed by atoms with Crippen molar-refractivity contribution in [2.45, 2.75) is 19.4 Å². The Morgan fingerprint density at radius 2 is 2.05 bits per heavy atom. The summed E-state index contributed by atoms with van der Waals surface area (Å²) < 4.78 is 19.3. The molecule has 1 atom stereocenters. The Labute approximate surface area is 129 Å². The van der Waals surface area contributed by atoms with Gasteiger partial charge in [-0.05, 0) is 55.3 Å². The summed E-state index contributed by atoms with van der Waals surface area (Å²) in [5.74, 6) is -0.0259. The Bertz CT molecular complexity index is 630. The van der Waals surface area contributed by atoms with Crippen LogP contribution in [0.3, 0.4) is 0 Å². The van der Waals surface area contributed by atoms with E-state index < -0.39 is 0 Å². The first kappa shape index (κ1) is 15.8. The second kappa shape index (κ2) is 6.92. The summed E-state index contributed by atoms with van der Waals surface area (Å²) in [5, 5.41) is 3.95. The molecular formula is C17H19ClFNO. The second-order valence-electron chi connectivity index (χ2n) is 4.98. The highest BCUT2D eigenvalue weighted by Crippen LogP contribution is 2.27. The van der Waals surface area contributed by atoms with Gasteiger partial charge in [0.25, 0.3) is 0 Å². The molecule has 4 heteroatoms. The van der Waals surface area contributed by atoms with E-state index in [-0.39, 0.29) is 17.6 Å². The summed E-state index contributed by atoms with van der Waals surface area (Å²) in [6.07, 6.45) is 0.544. The number of benzene rings is 2. The van der Waals surface area contributed by atoms with E-state index >= 15 is 0 Å². The predicted octanol–water partition coefficient (Wildman–Crippen LogP) is 4.30. The fraction of sp³-hybridized carbons (Fsp3) is 0.294. The average molecular weight is 308 g/mol. The third-order valence-electron chi connectivity index (χ3n) is 3.64. The van der Waals surface area contributed by atoms with Crippen molar-refractivity contribution >= 4 is 11.6 Å². The van der Waals surface area contributed by atoms with E-state index in [0.717, 1.165) is 11.1 Å². The van der Waals surface area contributed by atoms with Gasteiger partial charge in [-0.1, -0.05) is 29.8 Å². The number of hydrogen-bond acceptors (Lipinski definition) is 2. The van der Waals surface area contributed by atoms with Crippen molar-refractivity contribution in [3.8, 4) is 5.75 Å². The monoisotopic (exact) mass is 307 g/mol. The van der Waals surface area contributed by atoms with Crippen LogP contribution in [0.1, 0.15) is 22.7 Å². The van der Waals surface area contributed by atoms with E-state index in [0.29, 0.717) is 17.0 Å². The summed E-state index contributed by atoms with van der Waals surface area (Å²) in [5.41, 5.74) is 2.83. The molecule has 112 valence electrons. The van der Waals surface area contributed by atoms with Crippen LogP contribution in [0.5, 0.6) is 5.75 Å². The van der Waals surface area contributed by atoms with Gasteiger partial charge in [0.2, 0.25) is 0 Å². The van der Waals surface area contributed by atoms with Crippen LogP contribution in [0.2, 0.25) is 5.02 Å². The van der Waals surface area contributed by atoms with E-state index in [9.17, 15) is 4.39 Å². The molecule has 21 heavy (non-hydrogen) atoms. The summed E-state index contributed by atoms with van der Waals surface area (Å²) in [6.45, 7) is 2.01. The van der Waals surface area contributed by atoms with Gasteiger partial charge >= 0.3 is 0 Å². The lowest BCUT2D eigenvalue weighted by atomic mass is 9.95. The van der Waals surface area contributed by atoms with Gasteiger partial charge in [0, 0.05) is 11.1 Å². The van der Waals surface area contributed by atoms with Gasteiger partial charge in [-0.25, -0.2) is 4.39 Å². The van der Waals surface area contributed by atoms with Crippen LogP contribution >= 0.6 is 11.6 Å². The lowest BCUT2D eigenvalue weighted by Gasteiger charge is -2.20. The number of likely N-dealkylation sites (N-methyl/N-ethyl adjacent to an activating group) is 1. The van der Waals surface area contributed by atoms with Crippen LogP contribution in [0.25, 0.3) is 0 Å². The maximum atomic E-state index is 14.3. The second-order valence-corrected chi connectivity index (χ2v) is 5.42. The van der Waals surface area contributed by atoms with Gasteiger partial charge in [-0.3, -0.25) is 0 Å². The molecule has 0 radical (unpaired) electrons. The first-order valence-corrected chi connectivity index (χ1v) is 7.19. The average Bonchev–Trinajstić information content (AvgIpc) is 2.47. The Balaban J connectivity index is 2.31. The highest BCUT2D eigenvalue weighted by Gasteiger charge is 2.16. The number of nitrogens with one attached hydrogen (secondary N) is 1. The zero-order valence-electron chi connectivity index (χ0n) is 12.4. The summed E-state index contributed by atoms with van der Waals surface area (Å²) in [7, 11) is 3.35. The SMILES string of the molecule is CNC(Cc1cccc(OC)c1F)c1ccc(Cl)cc1C. The Hall–Kier alpha value is -1.58. The summed E-state index contributed by atoms with van der Waals surface area (Å²) >= 11 is 5.99. The third kappa shape index (κ3) is 3.55. The molecule has 1 unspecified atom stereocenters. The van der Waals surface area contributed by atoms with Crippen molar-refractivity contribution in [3.05, 3.63) is 63.9 Å². The predicted molar refractivity (Wildman–Crippen MR) is 84.6 cm³/mol. The Morgan fingerprint density at radius 1 is 1.29 bits per heavy atom. The minimum absolute atomic E-state index is 0.0175. The lowest BCUT2D eigenvalue weighted by Crippen LogP contribution is -2.20. The van der Waals surface area contributed by atoms with Gasteiger partial charge < -0.3 is 10.1 Å². The molecular weight excluding hydrogens is 289 g/mol. The molecule has 0 bridgehead atoms. The lowest BCUT2D eigenvalue weighted by molar-refractivity contribution is 0.383. The standard InChI is InChI=1S/C17H19ClFNO/c1-11-9-13(18)7-8-14(11)15(20-2)10-12-5-4-6-16(21-3)17(12)19/h4-9,15,20H,10H2,1-3H3. The van der Waals surface area contributed by atoms with Crippen molar-refractivity contribution in [1.82, 2.24) is 5.32 Å². The molecule has 0 amide bonds. The molecule has 1 N–H and O–H groups in total. The van der Waals surface area contributed by atoms with Crippen LogP contribution in [0.15, 0.2) is 36.4 Å². The number of aryl methyl sites for hydroxylation is 1. The molecule has 0 aliphatic carbocycles. The van der Waals surface area contributed by atoms with Gasteiger partial charge in [0.1, 0.15) is 0 Å². The molecule has 2 aromatic carbocycles. The van der Waals surface area contributed by atoms with Crippen molar-refractivity contribution in [1.29, 1.82) is 0 Å². The van der Waals surface area contributed by atoms with Crippen molar-refractivity contribution in [2.75, 3.05) is 14.2 Å². The maximum Gasteiger partial charge on any atom is 0.168 e. The summed E-state index contributed by atoms with van der Waals surface area (Å²) in [4.78, 5) is 0. The van der Waals surface area contributed by atoms with Gasteiger partial charge in [-0.15, -0.1) is 0 Å². The fourth-order valence-electron chi connectivity index (χ4n) is 2.49.